The third kappa shape index (κ3) is 9.75. The van der Waals surface area contributed by atoms with E-state index >= 15 is 0 Å². The van der Waals surface area contributed by atoms with E-state index in [1.807, 2.05) is 20.8 Å². The van der Waals surface area contributed by atoms with E-state index in [1.54, 1.807) is 38.5 Å². The number of rotatable bonds is 14. The Morgan fingerprint density at radius 2 is 1.81 bits per heavy atom. The third-order valence-electron chi connectivity index (χ3n) is 6.42. The van der Waals surface area contributed by atoms with Crippen molar-refractivity contribution in [2.45, 2.75) is 96.5 Å². The van der Waals surface area contributed by atoms with Crippen molar-refractivity contribution in [3.8, 4) is 0 Å². The quantitative estimate of drug-likeness (QED) is 0.168. The van der Waals surface area contributed by atoms with Gasteiger partial charge in [-0.3, -0.25) is 33.0 Å². The van der Waals surface area contributed by atoms with Crippen LogP contribution in [0.4, 0.5) is 0 Å². The number of aromatic nitrogens is 2. The van der Waals surface area contributed by atoms with E-state index in [4.69, 9.17) is 28.0 Å². The number of methoxy groups -OCH3 is 1. The molecule has 0 aliphatic carbocycles. The van der Waals surface area contributed by atoms with Gasteiger partial charge in [0, 0.05) is 22.4 Å². The van der Waals surface area contributed by atoms with Gasteiger partial charge in [-0.05, 0) is 20.8 Å². The fraction of sp³-hybridized carbons (Fsp3) is 0.769. The average Bonchev–Trinajstić information content (AvgIpc) is 3.38. The number of hydrogen-bond acceptors (Lipinski definition) is 13. The summed E-state index contributed by atoms with van der Waals surface area (Å²) >= 11 is 0. The molecule has 0 spiro atoms. The lowest BCUT2D eigenvalue weighted by Crippen LogP contribution is -2.38. The Kier molecular flexibility index (Phi) is 11.6. The highest BCUT2D eigenvalue weighted by atomic mass is 33.1. The van der Waals surface area contributed by atoms with Crippen molar-refractivity contribution in [1.82, 2.24) is 14.6 Å². The van der Waals surface area contributed by atoms with Gasteiger partial charge in [-0.2, -0.15) is 0 Å². The maximum absolute atomic E-state index is 14.0. The van der Waals surface area contributed by atoms with Crippen LogP contribution in [-0.4, -0.2) is 82.3 Å². The molecule has 2 fully saturated rings. The van der Waals surface area contributed by atoms with Gasteiger partial charge in [-0.1, -0.05) is 56.2 Å². The van der Waals surface area contributed by atoms with Crippen molar-refractivity contribution in [1.29, 1.82) is 0 Å². The summed E-state index contributed by atoms with van der Waals surface area (Å²) in [4.78, 5) is 51.4. The molecule has 43 heavy (non-hydrogen) atoms. The van der Waals surface area contributed by atoms with Gasteiger partial charge >= 0.3 is 19.4 Å². The number of carbonyl (C=O) groups excluding carboxylic acids is 2. The predicted octanol–water partition coefficient (Wildman–Crippen LogP) is 3.02. The van der Waals surface area contributed by atoms with E-state index in [2.05, 4.69) is 10.1 Å². The van der Waals surface area contributed by atoms with E-state index in [1.165, 1.54) is 41.7 Å². The number of nitrogens with one attached hydrogen (secondary N) is 2. The van der Waals surface area contributed by atoms with E-state index < -0.39 is 66.7 Å². The highest BCUT2D eigenvalue weighted by molar-refractivity contribution is 8.77. The van der Waals surface area contributed by atoms with Gasteiger partial charge in [0.25, 0.3) is 5.56 Å². The number of ether oxygens (including phenoxy) is 4. The monoisotopic (exact) mass is 667 g/mol. The molecule has 3 rings (SSSR count). The van der Waals surface area contributed by atoms with Crippen LogP contribution in [-0.2, 0) is 42.1 Å². The predicted molar refractivity (Wildman–Crippen MR) is 162 cm³/mol. The van der Waals surface area contributed by atoms with Crippen LogP contribution in [0, 0.1) is 5.41 Å². The molecular weight excluding hydrogens is 625 g/mol. The van der Waals surface area contributed by atoms with E-state index in [-0.39, 0.29) is 29.5 Å². The van der Waals surface area contributed by atoms with Gasteiger partial charge in [0.15, 0.2) is 17.8 Å². The Morgan fingerprint density at radius 1 is 1.16 bits per heavy atom. The van der Waals surface area contributed by atoms with Crippen molar-refractivity contribution in [2.75, 3.05) is 26.1 Å². The third-order valence-corrected chi connectivity index (χ3v) is 11.3. The minimum Gasteiger partial charge on any atom is -0.468 e. The van der Waals surface area contributed by atoms with Crippen molar-refractivity contribution in [3.63, 3.8) is 0 Å². The average molecular weight is 668 g/mol. The zero-order chi connectivity index (χ0) is 32.4. The summed E-state index contributed by atoms with van der Waals surface area (Å²) in [6, 6.07) is 0.0942. The molecular formula is C26H42N3O11PS2. The number of H-pyrrole nitrogens is 1. The Balaban J connectivity index is 1.77. The molecule has 1 unspecified atom stereocenters. The lowest BCUT2D eigenvalue weighted by Gasteiger charge is -2.29. The summed E-state index contributed by atoms with van der Waals surface area (Å²) in [7, 11) is -0.0675. The molecule has 244 valence electrons. The fourth-order valence-corrected chi connectivity index (χ4v) is 8.28. The maximum Gasteiger partial charge on any atom is 0.406 e. The van der Waals surface area contributed by atoms with Crippen LogP contribution >= 0.6 is 29.3 Å². The van der Waals surface area contributed by atoms with Gasteiger partial charge in [-0.15, -0.1) is 0 Å². The lowest BCUT2D eigenvalue weighted by atomic mass is 9.90. The molecule has 17 heteroatoms. The van der Waals surface area contributed by atoms with Gasteiger partial charge in [0.2, 0.25) is 0 Å². The number of fused-ring (bicyclic) bond motifs is 1. The van der Waals surface area contributed by atoms with Crippen LogP contribution in [0.25, 0.3) is 0 Å². The summed E-state index contributed by atoms with van der Waals surface area (Å²) in [6.45, 7) is 13.7. The first-order valence-electron chi connectivity index (χ1n) is 13.7. The number of carbonyl (C=O) groups is 2. The first-order valence-corrected chi connectivity index (χ1v) is 17.5. The number of hydrogen-bond donors (Lipinski definition) is 2. The second-order valence-electron chi connectivity index (χ2n) is 12.4. The van der Waals surface area contributed by atoms with E-state index in [0.29, 0.717) is 0 Å². The molecule has 0 amide bonds. The molecule has 2 saturated heterocycles. The van der Waals surface area contributed by atoms with Crippen LogP contribution in [0.5, 0.6) is 0 Å². The smallest absolute Gasteiger partial charge is 0.406 e. The molecule has 0 aromatic carbocycles. The van der Waals surface area contributed by atoms with E-state index in [9.17, 15) is 23.7 Å². The van der Waals surface area contributed by atoms with Crippen molar-refractivity contribution in [3.05, 3.63) is 33.1 Å². The number of Topliss-reactive ketones (excluding diaryl/α,β-unsaturated/α-hetero) is 1. The van der Waals surface area contributed by atoms with Crippen LogP contribution in [0.1, 0.15) is 61.6 Å². The standard InChI is InChI=1S/C26H42N3O11PS2/c1-15(22(32)35-9)28-41(34,37-14-25(5,6)17(30)13-42-43-24(2,3)4)36-12-16-19-20(40-26(7,8)39-19)21(38-16)29-11-10-18(31)27-23(29)33/h10-11,15-16,19-21H,12-14H2,1-9H3,(H,28,34)(H,27,31,33)/t15-,16+,19+,20+,21+,41?/m0/s1. The first-order chi connectivity index (χ1) is 19.8. The number of esters is 1. The van der Waals surface area contributed by atoms with Crippen LogP contribution < -0.4 is 16.3 Å². The molecule has 0 radical (unpaired) electrons. The molecule has 3 heterocycles. The number of ketones is 1. The van der Waals surface area contributed by atoms with Crippen LogP contribution in [0.3, 0.4) is 0 Å². The summed E-state index contributed by atoms with van der Waals surface area (Å²) < 4.78 is 49.5. The molecule has 1 aromatic rings. The van der Waals surface area contributed by atoms with E-state index in [0.717, 1.165) is 0 Å². The van der Waals surface area contributed by atoms with Crippen molar-refractivity contribution < 1.29 is 42.1 Å². The minimum absolute atomic E-state index is 0.0296. The molecule has 2 aliphatic heterocycles. The molecule has 1 aromatic heterocycles. The Hall–Kier alpha value is -1.49. The molecule has 6 atom stereocenters. The second-order valence-corrected chi connectivity index (χ2v) is 17.2. The highest BCUT2D eigenvalue weighted by Gasteiger charge is 2.56. The summed E-state index contributed by atoms with van der Waals surface area (Å²) in [5.41, 5.74) is -2.31. The Labute approximate surface area is 258 Å². The summed E-state index contributed by atoms with van der Waals surface area (Å²) in [6.07, 6.45) is -2.13. The highest BCUT2D eigenvalue weighted by Crippen LogP contribution is 2.49. The first kappa shape index (κ1) is 36.0. The Bertz CT molecular complexity index is 1330. The number of aromatic amines is 1. The van der Waals surface area contributed by atoms with Gasteiger partial charge in [0.05, 0.1) is 26.1 Å². The number of nitrogens with zero attached hydrogens (tertiary/aromatic N) is 1. The Morgan fingerprint density at radius 3 is 2.42 bits per heavy atom. The summed E-state index contributed by atoms with van der Waals surface area (Å²) in [5, 5.41) is 2.57. The molecule has 14 nitrogen and oxygen atoms in total. The SMILES string of the molecule is COC(=O)[C@H](C)NP(=O)(OC[C@H]1O[C@@H](n2ccc(=O)[nH]c2=O)[C@@H]2OC(C)(C)O[C@@H]21)OCC(C)(C)C(=O)CSSC(C)(C)C. The van der Waals surface area contributed by atoms with Crippen molar-refractivity contribution >= 4 is 41.1 Å². The minimum atomic E-state index is -4.27. The van der Waals surface area contributed by atoms with Crippen LogP contribution in [0.2, 0.25) is 0 Å². The van der Waals surface area contributed by atoms with Crippen LogP contribution in [0.15, 0.2) is 21.9 Å². The van der Waals surface area contributed by atoms with Gasteiger partial charge in [0.1, 0.15) is 24.4 Å². The maximum atomic E-state index is 14.0. The molecule has 2 aliphatic rings. The largest absolute Gasteiger partial charge is 0.468 e. The molecule has 2 N–H and O–H groups in total. The zero-order valence-corrected chi connectivity index (χ0v) is 28.4. The van der Waals surface area contributed by atoms with Gasteiger partial charge in [-0.25, -0.2) is 14.4 Å². The lowest BCUT2D eigenvalue weighted by molar-refractivity contribution is -0.200. The normalized spacial score (nSPS) is 25.6. The second kappa shape index (κ2) is 13.9. The molecule has 0 saturated carbocycles. The van der Waals surface area contributed by atoms with Crippen molar-refractivity contribution in [2.24, 2.45) is 5.41 Å². The molecule has 0 bridgehead atoms. The topological polar surface area (TPSA) is 173 Å². The zero-order valence-electron chi connectivity index (χ0n) is 25.9. The van der Waals surface area contributed by atoms with Gasteiger partial charge < -0.3 is 18.9 Å². The summed E-state index contributed by atoms with van der Waals surface area (Å²) in [5.74, 6) is -1.64. The fourth-order valence-electron chi connectivity index (χ4n) is 4.18.